The number of hydrogen-bond donors (Lipinski definition) is 3. The van der Waals surface area contributed by atoms with Crippen molar-refractivity contribution >= 4 is 11.9 Å². The third kappa shape index (κ3) is 5.17. The number of aliphatic carboxylic acids is 1. The smallest absolute Gasteiger partial charge is 0.326 e. The number of carbonyl (C=O) groups is 2. The Bertz CT molecular complexity index is 277. The van der Waals surface area contributed by atoms with Crippen LogP contribution in [0.4, 0.5) is 0 Å². The van der Waals surface area contributed by atoms with Crippen molar-refractivity contribution in [3.63, 3.8) is 0 Å². The van der Waals surface area contributed by atoms with Gasteiger partial charge in [0, 0.05) is 0 Å². The lowest BCUT2D eigenvalue weighted by molar-refractivity contribution is -0.143. The minimum atomic E-state index is -0.963. The Morgan fingerprint density at radius 3 is 2.53 bits per heavy atom. The lowest BCUT2D eigenvalue weighted by Crippen LogP contribution is -2.48. The summed E-state index contributed by atoms with van der Waals surface area (Å²) in [6.07, 6.45) is 3.20. The van der Waals surface area contributed by atoms with E-state index in [1.807, 2.05) is 13.8 Å². The minimum absolute atomic E-state index is 0.0557. The van der Waals surface area contributed by atoms with E-state index in [0.717, 1.165) is 13.0 Å². The highest BCUT2D eigenvalue weighted by atomic mass is 16.4. The molecule has 1 aliphatic carbocycles. The fraction of sp³-hybridized carbons (Fsp3) is 0.833. The molecule has 1 fully saturated rings. The molecule has 0 bridgehead atoms. The van der Waals surface area contributed by atoms with Crippen molar-refractivity contribution in [2.45, 2.75) is 39.2 Å². The highest BCUT2D eigenvalue weighted by Gasteiger charge is 2.25. The van der Waals surface area contributed by atoms with Crippen LogP contribution in [0.3, 0.4) is 0 Å². The van der Waals surface area contributed by atoms with Gasteiger partial charge in [-0.2, -0.15) is 0 Å². The summed E-state index contributed by atoms with van der Waals surface area (Å²) in [5.41, 5.74) is 0. The zero-order valence-electron chi connectivity index (χ0n) is 10.5. The van der Waals surface area contributed by atoms with E-state index in [4.69, 9.17) is 5.11 Å². The molecule has 0 aromatic rings. The van der Waals surface area contributed by atoms with Crippen molar-refractivity contribution < 1.29 is 14.7 Å². The van der Waals surface area contributed by atoms with Crippen LogP contribution in [-0.4, -0.2) is 36.1 Å². The van der Waals surface area contributed by atoms with Gasteiger partial charge in [-0.1, -0.05) is 20.3 Å². The van der Waals surface area contributed by atoms with Crippen molar-refractivity contribution in [1.29, 1.82) is 0 Å². The molecule has 1 aliphatic rings. The number of rotatable bonds is 8. The van der Waals surface area contributed by atoms with Gasteiger partial charge in [0.2, 0.25) is 5.91 Å². The Balaban J connectivity index is 2.26. The number of amides is 1. The normalized spacial score (nSPS) is 18.5. The fourth-order valence-corrected chi connectivity index (χ4v) is 1.62. The second-order valence-electron chi connectivity index (χ2n) is 4.84. The van der Waals surface area contributed by atoms with Crippen LogP contribution in [0.1, 0.15) is 33.1 Å². The second kappa shape index (κ2) is 6.59. The van der Waals surface area contributed by atoms with Gasteiger partial charge >= 0.3 is 5.97 Å². The molecule has 17 heavy (non-hydrogen) atoms. The number of nitrogens with one attached hydrogen (secondary N) is 2. The van der Waals surface area contributed by atoms with Crippen LogP contribution in [0.15, 0.2) is 0 Å². The zero-order valence-corrected chi connectivity index (χ0v) is 10.5. The van der Waals surface area contributed by atoms with Gasteiger partial charge in [-0.3, -0.25) is 4.79 Å². The standard InChI is InChI=1S/C12H22N2O3/c1-3-8(2)11(12(16)17)14-10(15)7-13-6-9-4-5-9/h8-9,11,13H,3-7H2,1-2H3,(H,14,15)(H,16,17)/t8?,11-/m0/s1. The van der Waals surface area contributed by atoms with Crippen LogP contribution < -0.4 is 10.6 Å². The fourth-order valence-electron chi connectivity index (χ4n) is 1.62. The molecule has 1 rings (SSSR count). The average molecular weight is 242 g/mol. The highest BCUT2D eigenvalue weighted by molar-refractivity contribution is 5.84. The van der Waals surface area contributed by atoms with E-state index in [2.05, 4.69) is 10.6 Å². The van der Waals surface area contributed by atoms with E-state index < -0.39 is 12.0 Å². The summed E-state index contributed by atoms with van der Waals surface area (Å²) in [6, 6.07) is -0.782. The molecule has 2 atom stereocenters. The molecule has 0 saturated heterocycles. The quantitative estimate of drug-likeness (QED) is 0.582. The molecule has 0 aliphatic heterocycles. The van der Waals surface area contributed by atoms with Crippen LogP contribution in [0.2, 0.25) is 0 Å². The summed E-state index contributed by atoms with van der Waals surface area (Å²) in [6.45, 7) is 4.81. The first-order valence-corrected chi connectivity index (χ1v) is 6.27. The van der Waals surface area contributed by atoms with Crippen LogP contribution in [0.5, 0.6) is 0 Å². The summed E-state index contributed by atoms with van der Waals surface area (Å²) in [4.78, 5) is 22.5. The van der Waals surface area contributed by atoms with E-state index in [1.165, 1.54) is 12.8 Å². The molecule has 0 radical (unpaired) electrons. The molecule has 0 spiro atoms. The molecule has 98 valence electrons. The Hall–Kier alpha value is -1.10. The van der Waals surface area contributed by atoms with Crippen LogP contribution in [0, 0.1) is 11.8 Å². The van der Waals surface area contributed by atoms with Gasteiger partial charge in [-0.25, -0.2) is 4.79 Å². The number of carboxylic acids is 1. The van der Waals surface area contributed by atoms with Gasteiger partial charge in [-0.05, 0) is 31.2 Å². The Kier molecular flexibility index (Phi) is 5.41. The molecule has 3 N–H and O–H groups in total. The first kappa shape index (κ1) is 14.0. The minimum Gasteiger partial charge on any atom is -0.480 e. The Labute approximate surface area is 102 Å². The first-order valence-electron chi connectivity index (χ1n) is 6.27. The van der Waals surface area contributed by atoms with Gasteiger partial charge in [-0.15, -0.1) is 0 Å². The average Bonchev–Trinajstić information content (AvgIpc) is 3.08. The summed E-state index contributed by atoms with van der Waals surface area (Å²) in [5, 5.41) is 14.6. The number of carbonyl (C=O) groups excluding carboxylic acids is 1. The zero-order chi connectivity index (χ0) is 12.8. The highest BCUT2D eigenvalue weighted by Crippen LogP contribution is 2.27. The maximum Gasteiger partial charge on any atom is 0.326 e. The summed E-state index contributed by atoms with van der Waals surface area (Å²) >= 11 is 0. The van der Waals surface area contributed by atoms with E-state index in [-0.39, 0.29) is 18.4 Å². The SMILES string of the molecule is CCC(C)[C@H](NC(=O)CNCC1CC1)C(=O)O. The molecule has 1 amide bonds. The van der Waals surface area contributed by atoms with E-state index in [1.54, 1.807) is 0 Å². The van der Waals surface area contributed by atoms with Gasteiger partial charge in [0.05, 0.1) is 6.54 Å². The molecule has 0 aromatic heterocycles. The van der Waals surface area contributed by atoms with E-state index in [0.29, 0.717) is 5.92 Å². The molecule has 5 nitrogen and oxygen atoms in total. The van der Waals surface area contributed by atoms with Crippen LogP contribution >= 0.6 is 0 Å². The predicted molar refractivity (Wildman–Crippen MR) is 64.6 cm³/mol. The lowest BCUT2D eigenvalue weighted by atomic mass is 9.99. The molecule has 1 saturated carbocycles. The number of carboxylic acid groups (broad SMARTS) is 1. The van der Waals surface area contributed by atoms with Gasteiger partial charge < -0.3 is 15.7 Å². The largest absolute Gasteiger partial charge is 0.480 e. The second-order valence-corrected chi connectivity index (χ2v) is 4.84. The monoisotopic (exact) mass is 242 g/mol. The topological polar surface area (TPSA) is 78.4 Å². The molecule has 0 heterocycles. The van der Waals surface area contributed by atoms with Gasteiger partial charge in [0.1, 0.15) is 6.04 Å². The van der Waals surface area contributed by atoms with E-state index in [9.17, 15) is 9.59 Å². The van der Waals surface area contributed by atoms with Gasteiger partial charge in [0.25, 0.3) is 0 Å². The van der Waals surface area contributed by atoms with Crippen molar-refractivity contribution in [2.24, 2.45) is 11.8 Å². The number of hydrogen-bond acceptors (Lipinski definition) is 3. The third-order valence-corrected chi connectivity index (χ3v) is 3.21. The molecular formula is C12H22N2O3. The molecular weight excluding hydrogens is 220 g/mol. The maximum atomic E-state index is 11.5. The lowest BCUT2D eigenvalue weighted by Gasteiger charge is -2.20. The van der Waals surface area contributed by atoms with E-state index >= 15 is 0 Å². The first-order chi connectivity index (χ1) is 8.04. The van der Waals surface area contributed by atoms with Crippen molar-refractivity contribution in [3.8, 4) is 0 Å². The van der Waals surface area contributed by atoms with Gasteiger partial charge in [0.15, 0.2) is 0 Å². The van der Waals surface area contributed by atoms with Crippen molar-refractivity contribution in [3.05, 3.63) is 0 Å². The Morgan fingerprint density at radius 1 is 1.41 bits per heavy atom. The maximum absolute atomic E-state index is 11.5. The third-order valence-electron chi connectivity index (χ3n) is 3.21. The molecule has 0 aromatic carbocycles. The van der Waals surface area contributed by atoms with Crippen molar-refractivity contribution in [2.75, 3.05) is 13.1 Å². The Morgan fingerprint density at radius 2 is 2.06 bits per heavy atom. The summed E-state index contributed by atoms with van der Waals surface area (Å²) < 4.78 is 0. The predicted octanol–water partition coefficient (Wildman–Crippen LogP) is 0.601. The summed E-state index contributed by atoms with van der Waals surface area (Å²) in [5.74, 6) is -0.541. The van der Waals surface area contributed by atoms with Crippen molar-refractivity contribution in [1.82, 2.24) is 10.6 Å². The summed E-state index contributed by atoms with van der Waals surface area (Å²) in [7, 11) is 0. The molecule has 5 heteroatoms. The van der Waals surface area contributed by atoms with Crippen LogP contribution in [-0.2, 0) is 9.59 Å². The molecule has 1 unspecified atom stereocenters. The van der Waals surface area contributed by atoms with Crippen LogP contribution in [0.25, 0.3) is 0 Å².